The summed E-state index contributed by atoms with van der Waals surface area (Å²) in [6, 6.07) is -0.0504. The van der Waals surface area contributed by atoms with Crippen LogP contribution in [0.4, 0.5) is 0 Å². The number of hydrogen-bond acceptors (Lipinski definition) is 3. The van der Waals surface area contributed by atoms with E-state index in [1.807, 2.05) is 0 Å². The first-order chi connectivity index (χ1) is 6.49. The number of aldehydes is 1. The minimum Gasteiger partial charge on any atom is -0.304 e. The molecule has 82 valence electrons. The monoisotopic (exact) mass is 198 g/mol. The quantitative estimate of drug-likeness (QED) is 0.667. The van der Waals surface area contributed by atoms with Crippen LogP contribution in [0.3, 0.4) is 0 Å². The molecule has 3 heteroatoms. The van der Waals surface area contributed by atoms with Gasteiger partial charge in [0.05, 0.1) is 6.04 Å². The van der Waals surface area contributed by atoms with Crippen molar-refractivity contribution < 1.29 is 4.79 Å². The first-order valence-electron chi connectivity index (χ1n) is 5.47. The lowest BCUT2D eigenvalue weighted by Gasteiger charge is -2.49. The van der Waals surface area contributed by atoms with E-state index in [-0.39, 0.29) is 17.1 Å². The van der Waals surface area contributed by atoms with Gasteiger partial charge in [-0.2, -0.15) is 0 Å². The van der Waals surface area contributed by atoms with Gasteiger partial charge in [0.15, 0.2) is 0 Å². The van der Waals surface area contributed by atoms with Gasteiger partial charge >= 0.3 is 0 Å². The van der Waals surface area contributed by atoms with Gasteiger partial charge in [0.25, 0.3) is 0 Å². The molecule has 1 aliphatic heterocycles. The fraction of sp³-hybridized carbons (Fsp3) is 0.909. The van der Waals surface area contributed by atoms with Gasteiger partial charge in [-0.1, -0.05) is 13.8 Å². The van der Waals surface area contributed by atoms with Crippen LogP contribution >= 0.6 is 0 Å². The summed E-state index contributed by atoms with van der Waals surface area (Å²) in [5.74, 6) is 0. The third kappa shape index (κ3) is 1.98. The van der Waals surface area contributed by atoms with E-state index >= 15 is 0 Å². The molecule has 1 saturated heterocycles. The van der Waals surface area contributed by atoms with Crippen molar-refractivity contribution in [2.24, 2.45) is 0 Å². The minimum absolute atomic E-state index is 0.0504. The van der Waals surface area contributed by atoms with E-state index in [0.717, 1.165) is 25.7 Å². The van der Waals surface area contributed by atoms with Gasteiger partial charge in [-0.05, 0) is 26.7 Å². The Hall–Kier alpha value is -0.410. The standard InChI is InChI=1S/C11H22N2O/c1-5-11(6-2)9(7-14)12-8-10(3,4)13-11/h7,9,12-13H,5-6,8H2,1-4H3. The fourth-order valence-electron chi connectivity index (χ4n) is 2.40. The summed E-state index contributed by atoms with van der Waals surface area (Å²) >= 11 is 0. The number of carbonyl (C=O) groups is 1. The Morgan fingerprint density at radius 2 is 1.93 bits per heavy atom. The van der Waals surface area contributed by atoms with E-state index in [1.165, 1.54) is 0 Å². The molecule has 1 rings (SSSR count). The van der Waals surface area contributed by atoms with Gasteiger partial charge in [0, 0.05) is 17.6 Å². The van der Waals surface area contributed by atoms with Crippen LogP contribution in [0.2, 0.25) is 0 Å². The molecule has 0 aromatic carbocycles. The molecule has 0 aromatic heterocycles. The second-order valence-electron chi connectivity index (χ2n) is 4.87. The predicted octanol–water partition coefficient (Wildman–Crippen LogP) is 1.08. The van der Waals surface area contributed by atoms with Crippen LogP contribution in [0.1, 0.15) is 40.5 Å². The van der Waals surface area contributed by atoms with Gasteiger partial charge in [0.1, 0.15) is 6.29 Å². The Morgan fingerprint density at radius 3 is 2.36 bits per heavy atom. The molecule has 0 amide bonds. The van der Waals surface area contributed by atoms with Crippen molar-refractivity contribution in [2.45, 2.75) is 57.7 Å². The maximum atomic E-state index is 11.0. The van der Waals surface area contributed by atoms with E-state index in [2.05, 4.69) is 38.3 Å². The van der Waals surface area contributed by atoms with Crippen LogP contribution in [-0.4, -0.2) is 30.0 Å². The van der Waals surface area contributed by atoms with Crippen molar-refractivity contribution in [3.8, 4) is 0 Å². The number of nitrogens with one attached hydrogen (secondary N) is 2. The Bertz CT molecular complexity index is 209. The first-order valence-corrected chi connectivity index (χ1v) is 5.47. The molecule has 1 fully saturated rings. The Kier molecular flexibility index (Phi) is 3.32. The summed E-state index contributed by atoms with van der Waals surface area (Å²) in [5.41, 5.74) is 0.00896. The molecule has 0 spiro atoms. The fourth-order valence-corrected chi connectivity index (χ4v) is 2.40. The van der Waals surface area contributed by atoms with Crippen LogP contribution in [-0.2, 0) is 4.79 Å². The normalized spacial score (nSPS) is 29.9. The molecule has 3 nitrogen and oxygen atoms in total. The number of piperazine rings is 1. The molecule has 0 radical (unpaired) electrons. The number of carbonyl (C=O) groups excluding carboxylic acids is 1. The van der Waals surface area contributed by atoms with Crippen molar-refractivity contribution >= 4 is 6.29 Å². The van der Waals surface area contributed by atoms with Gasteiger partial charge in [0.2, 0.25) is 0 Å². The topological polar surface area (TPSA) is 41.1 Å². The largest absolute Gasteiger partial charge is 0.304 e. The molecule has 1 atom stereocenters. The van der Waals surface area contributed by atoms with Crippen molar-refractivity contribution in [3.05, 3.63) is 0 Å². The average molecular weight is 198 g/mol. The third-order valence-electron chi connectivity index (χ3n) is 3.34. The molecular weight excluding hydrogens is 176 g/mol. The lowest BCUT2D eigenvalue weighted by Crippen LogP contribution is -2.73. The summed E-state index contributed by atoms with van der Waals surface area (Å²) < 4.78 is 0. The van der Waals surface area contributed by atoms with Gasteiger partial charge < -0.3 is 15.4 Å². The first kappa shape index (κ1) is 11.7. The highest BCUT2D eigenvalue weighted by Crippen LogP contribution is 2.26. The Balaban J connectivity index is 2.89. The molecule has 1 aliphatic rings. The smallest absolute Gasteiger partial charge is 0.138 e. The molecular formula is C11H22N2O. The molecule has 1 heterocycles. The molecule has 2 N–H and O–H groups in total. The maximum Gasteiger partial charge on any atom is 0.138 e. The van der Waals surface area contributed by atoms with Crippen LogP contribution in [0.25, 0.3) is 0 Å². The molecule has 0 aliphatic carbocycles. The lowest BCUT2D eigenvalue weighted by molar-refractivity contribution is -0.112. The second kappa shape index (κ2) is 3.99. The van der Waals surface area contributed by atoms with E-state index < -0.39 is 0 Å². The minimum atomic E-state index is -0.0660. The summed E-state index contributed by atoms with van der Waals surface area (Å²) in [6.07, 6.45) is 2.99. The van der Waals surface area contributed by atoms with Crippen molar-refractivity contribution in [3.63, 3.8) is 0 Å². The van der Waals surface area contributed by atoms with Crippen molar-refractivity contribution in [2.75, 3.05) is 6.54 Å². The molecule has 0 aromatic rings. The van der Waals surface area contributed by atoms with E-state index in [9.17, 15) is 4.79 Å². The van der Waals surface area contributed by atoms with E-state index in [4.69, 9.17) is 0 Å². The number of rotatable bonds is 3. The van der Waals surface area contributed by atoms with Crippen molar-refractivity contribution in [1.82, 2.24) is 10.6 Å². The van der Waals surface area contributed by atoms with Gasteiger partial charge in [-0.3, -0.25) is 0 Å². The molecule has 14 heavy (non-hydrogen) atoms. The highest BCUT2D eigenvalue weighted by atomic mass is 16.1. The zero-order valence-electron chi connectivity index (χ0n) is 9.68. The highest BCUT2D eigenvalue weighted by Gasteiger charge is 2.43. The zero-order chi connectivity index (χ0) is 10.8. The second-order valence-corrected chi connectivity index (χ2v) is 4.87. The van der Waals surface area contributed by atoms with Crippen LogP contribution < -0.4 is 10.6 Å². The Morgan fingerprint density at radius 1 is 1.36 bits per heavy atom. The predicted molar refractivity (Wildman–Crippen MR) is 58.4 cm³/mol. The summed E-state index contributed by atoms with van der Waals surface area (Å²) in [7, 11) is 0. The van der Waals surface area contributed by atoms with Crippen molar-refractivity contribution in [1.29, 1.82) is 0 Å². The van der Waals surface area contributed by atoms with Crippen LogP contribution in [0, 0.1) is 0 Å². The average Bonchev–Trinajstić information content (AvgIpc) is 2.16. The third-order valence-corrected chi connectivity index (χ3v) is 3.34. The van der Waals surface area contributed by atoms with Crippen LogP contribution in [0.15, 0.2) is 0 Å². The van der Waals surface area contributed by atoms with E-state index in [1.54, 1.807) is 0 Å². The van der Waals surface area contributed by atoms with Gasteiger partial charge in [-0.15, -0.1) is 0 Å². The van der Waals surface area contributed by atoms with E-state index in [0.29, 0.717) is 0 Å². The van der Waals surface area contributed by atoms with Crippen LogP contribution in [0.5, 0.6) is 0 Å². The zero-order valence-corrected chi connectivity index (χ0v) is 9.68. The molecule has 0 bridgehead atoms. The maximum absolute atomic E-state index is 11.0. The lowest BCUT2D eigenvalue weighted by atomic mass is 9.79. The summed E-state index contributed by atoms with van der Waals surface area (Å²) in [5, 5.41) is 6.93. The highest BCUT2D eigenvalue weighted by molar-refractivity contribution is 5.61. The van der Waals surface area contributed by atoms with Gasteiger partial charge in [-0.25, -0.2) is 0 Å². The Labute approximate surface area is 86.6 Å². The molecule has 0 saturated carbocycles. The summed E-state index contributed by atoms with van der Waals surface area (Å²) in [6.45, 7) is 9.45. The SMILES string of the molecule is CCC1(CC)NC(C)(C)CNC1C=O. The number of hydrogen-bond donors (Lipinski definition) is 2. The molecule has 1 unspecified atom stereocenters. The summed E-state index contributed by atoms with van der Waals surface area (Å²) in [4.78, 5) is 11.0.